The Morgan fingerprint density at radius 1 is 0.606 bits per heavy atom. The minimum atomic E-state index is -3.54. The molecule has 0 spiro atoms. The fraction of sp³-hybridized carbons (Fsp3) is 0.750. The van der Waals surface area contributed by atoms with Crippen LogP contribution in [-0.2, 0) is 37.2 Å². The largest absolute Gasteiger partial charge is 0.474 e. The monoisotopic (exact) mass is 490 g/mol. The molecule has 0 atom stereocenters. The van der Waals surface area contributed by atoms with Gasteiger partial charge < -0.3 is 9.47 Å². The van der Waals surface area contributed by atoms with E-state index in [0.717, 1.165) is 89.2 Å². The third-order valence-electron chi connectivity index (χ3n) is 4.65. The van der Waals surface area contributed by atoms with Crippen LogP contribution in [0.5, 0.6) is 0 Å². The van der Waals surface area contributed by atoms with Gasteiger partial charge in [-0.15, -0.1) is 0 Å². The van der Waals surface area contributed by atoms with Crippen LogP contribution in [-0.4, -0.2) is 45.0 Å². The molecule has 0 aromatic rings. The molecule has 0 fully saturated rings. The van der Waals surface area contributed by atoms with Gasteiger partial charge in [0.25, 0.3) is 0 Å². The van der Waals surface area contributed by atoms with Gasteiger partial charge in [0.2, 0.25) is 0 Å². The van der Waals surface area contributed by atoms with E-state index in [2.05, 4.69) is 13.2 Å². The summed E-state index contributed by atoms with van der Waals surface area (Å²) in [4.78, 5) is 21.9. The summed E-state index contributed by atoms with van der Waals surface area (Å²) in [5, 5.41) is 0. The molecule has 0 saturated heterocycles. The molecule has 0 aliphatic heterocycles. The summed E-state index contributed by atoms with van der Waals surface area (Å²) in [6.07, 6.45) is 12.9. The summed E-state index contributed by atoms with van der Waals surface area (Å²) in [6, 6.07) is 0. The SMILES string of the molecule is C=CC(=O)OCCCCCCCOP(=O)(OCCCC)OCCCCCCCOC(=O)C=C. The van der Waals surface area contributed by atoms with Crippen molar-refractivity contribution in [2.45, 2.75) is 84.0 Å². The van der Waals surface area contributed by atoms with Crippen molar-refractivity contribution in [2.75, 3.05) is 33.0 Å². The molecule has 8 nitrogen and oxygen atoms in total. The van der Waals surface area contributed by atoms with Gasteiger partial charge in [-0.05, 0) is 32.1 Å². The van der Waals surface area contributed by atoms with E-state index in [0.29, 0.717) is 33.0 Å². The van der Waals surface area contributed by atoms with Crippen molar-refractivity contribution in [1.29, 1.82) is 0 Å². The maximum Gasteiger partial charge on any atom is 0.474 e. The second-order valence-electron chi connectivity index (χ2n) is 7.58. The van der Waals surface area contributed by atoms with Gasteiger partial charge in [-0.25, -0.2) is 14.2 Å². The number of ether oxygens (including phenoxy) is 2. The van der Waals surface area contributed by atoms with Crippen LogP contribution in [0.4, 0.5) is 0 Å². The average Bonchev–Trinajstić information content (AvgIpc) is 2.81. The van der Waals surface area contributed by atoms with E-state index in [1.54, 1.807) is 0 Å². The van der Waals surface area contributed by atoms with Crippen molar-refractivity contribution in [3.05, 3.63) is 25.3 Å². The highest BCUT2D eigenvalue weighted by Crippen LogP contribution is 2.49. The molecular formula is C24H43O8P. The van der Waals surface area contributed by atoms with Crippen molar-refractivity contribution in [2.24, 2.45) is 0 Å². The molecule has 0 aromatic heterocycles. The molecule has 0 bridgehead atoms. The third kappa shape index (κ3) is 20.8. The predicted molar refractivity (Wildman–Crippen MR) is 129 cm³/mol. The molecule has 0 heterocycles. The molecule has 192 valence electrons. The van der Waals surface area contributed by atoms with Crippen LogP contribution in [0.15, 0.2) is 25.3 Å². The van der Waals surface area contributed by atoms with E-state index < -0.39 is 19.8 Å². The lowest BCUT2D eigenvalue weighted by Gasteiger charge is -2.18. The molecule has 0 radical (unpaired) electrons. The van der Waals surface area contributed by atoms with Crippen LogP contribution < -0.4 is 0 Å². The molecule has 0 rings (SSSR count). The fourth-order valence-corrected chi connectivity index (χ4v) is 4.00. The normalized spacial score (nSPS) is 11.2. The minimum absolute atomic E-state index is 0.318. The number of unbranched alkanes of at least 4 members (excludes halogenated alkanes) is 9. The Morgan fingerprint density at radius 3 is 1.30 bits per heavy atom. The van der Waals surface area contributed by atoms with E-state index in [-0.39, 0.29) is 0 Å². The summed E-state index contributed by atoms with van der Waals surface area (Å²) in [7, 11) is -3.54. The van der Waals surface area contributed by atoms with Gasteiger partial charge in [0.05, 0.1) is 33.0 Å². The van der Waals surface area contributed by atoms with Gasteiger partial charge in [-0.1, -0.05) is 65.0 Å². The maximum atomic E-state index is 12.8. The molecular weight excluding hydrogens is 447 g/mol. The predicted octanol–water partition coefficient (Wildman–Crippen LogP) is 6.30. The first kappa shape index (κ1) is 31.5. The lowest BCUT2D eigenvalue weighted by atomic mass is 10.1. The molecule has 9 heteroatoms. The highest BCUT2D eigenvalue weighted by molar-refractivity contribution is 7.48. The topological polar surface area (TPSA) is 97.4 Å². The zero-order valence-electron chi connectivity index (χ0n) is 20.3. The standard InChI is InChI=1S/C24H43O8P/c1-4-7-20-30-33(27,31-21-16-12-8-10-14-18-28-23(25)5-2)32-22-17-13-9-11-15-19-29-24(26)6-3/h5-6H,2-4,7-22H2,1H3. The maximum absolute atomic E-state index is 12.8. The van der Waals surface area contributed by atoms with Gasteiger partial charge >= 0.3 is 19.8 Å². The Balaban J connectivity index is 3.91. The van der Waals surface area contributed by atoms with Crippen LogP contribution >= 0.6 is 7.82 Å². The second kappa shape index (κ2) is 22.3. The molecule has 0 saturated carbocycles. The van der Waals surface area contributed by atoms with Crippen molar-refractivity contribution in [1.82, 2.24) is 0 Å². The number of hydrogen-bond donors (Lipinski definition) is 0. The first-order chi connectivity index (χ1) is 16.0. The fourth-order valence-electron chi connectivity index (χ4n) is 2.72. The number of carbonyl (C=O) groups is 2. The van der Waals surface area contributed by atoms with E-state index in [4.69, 9.17) is 23.0 Å². The van der Waals surface area contributed by atoms with Gasteiger partial charge in [0, 0.05) is 12.2 Å². The Kier molecular flexibility index (Phi) is 21.3. The molecule has 33 heavy (non-hydrogen) atoms. The molecule has 0 aliphatic carbocycles. The quantitative estimate of drug-likeness (QED) is 0.0672. The van der Waals surface area contributed by atoms with E-state index in [1.165, 1.54) is 0 Å². The third-order valence-corrected chi connectivity index (χ3v) is 6.14. The van der Waals surface area contributed by atoms with Crippen molar-refractivity contribution in [3.8, 4) is 0 Å². The Bertz CT molecular complexity index is 537. The molecule has 0 N–H and O–H groups in total. The lowest BCUT2D eigenvalue weighted by molar-refractivity contribution is -0.138. The molecule has 0 aliphatic rings. The Hall–Kier alpha value is -1.47. The molecule has 0 amide bonds. The van der Waals surface area contributed by atoms with Crippen LogP contribution in [0.3, 0.4) is 0 Å². The summed E-state index contributed by atoms with van der Waals surface area (Å²) >= 11 is 0. The zero-order chi connectivity index (χ0) is 24.6. The van der Waals surface area contributed by atoms with Crippen LogP contribution in [0.2, 0.25) is 0 Å². The van der Waals surface area contributed by atoms with Gasteiger partial charge in [0.15, 0.2) is 0 Å². The van der Waals surface area contributed by atoms with Gasteiger partial charge in [0.1, 0.15) is 0 Å². The number of hydrogen-bond acceptors (Lipinski definition) is 8. The van der Waals surface area contributed by atoms with Crippen molar-refractivity contribution in [3.63, 3.8) is 0 Å². The first-order valence-corrected chi connectivity index (χ1v) is 13.6. The lowest BCUT2D eigenvalue weighted by Crippen LogP contribution is -2.04. The Labute approximate surface area is 199 Å². The smallest absolute Gasteiger partial charge is 0.463 e. The summed E-state index contributed by atoms with van der Waals surface area (Å²) in [5.41, 5.74) is 0. The van der Waals surface area contributed by atoms with Crippen LogP contribution in [0.1, 0.15) is 84.0 Å². The summed E-state index contributed by atoms with van der Waals surface area (Å²) in [6.45, 7) is 10.5. The van der Waals surface area contributed by atoms with E-state index >= 15 is 0 Å². The average molecular weight is 491 g/mol. The summed E-state index contributed by atoms with van der Waals surface area (Å²) < 4.78 is 39.2. The molecule has 0 unspecified atom stereocenters. The van der Waals surface area contributed by atoms with Crippen molar-refractivity contribution >= 4 is 19.8 Å². The number of carbonyl (C=O) groups excluding carboxylic acids is 2. The minimum Gasteiger partial charge on any atom is -0.463 e. The highest BCUT2D eigenvalue weighted by atomic mass is 31.2. The van der Waals surface area contributed by atoms with Crippen LogP contribution in [0, 0.1) is 0 Å². The highest BCUT2D eigenvalue weighted by Gasteiger charge is 2.26. The Morgan fingerprint density at radius 2 is 0.939 bits per heavy atom. The van der Waals surface area contributed by atoms with Gasteiger partial charge in [-0.2, -0.15) is 0 Å². The van der Waals surface area contributed by atoms with E-state index in [1.807, 2.05) is 6.92 Å². The summed E-state index contributed by atoms with van der Waals surface area (Å²) in [5.74, 6) is -0.789. The molecule has 0 aromatic carbocycles. The van der Waals surface area contributed by atoms with Crippen molar-refractivity contribution < 1.29 is 37.2 Å². The van der Waals surface area contributed by atoms with Gasteiger partial charge in [-0.3, -0.25) is 13.6 Å². The van der Waals surface area contributed by atoms with E-state index in [9.17, 15) is 14.2 Å². The second-order valence-corrected chi connectivity index (χ2v) is 9.25. The first-order valence-electron chi connectivity index (χ1n) is 12.1. The van der Waals surface area contributed by atoms with Crippen LogP contribution in [0.25, 0.3) is 0 Å². The zero-order valence-corrected chi connectivity index (χ0v) is 21.2. The number of phosphoric acid groups is 1. The number of phosphoric ester groups is 1. The number of esters is 2. The number of rotatable bonds is 24.